The first-order chi connectivity index (χ1) is 6.36. The Hall–Kier alpha value is -1.38. The first kappa shape index (κ1) is 12.6. The van der Waals surface area contributed by atoms with Crippen molar-refractivity contribution >= 4 is 11.9 Å². The largest absolute Gasteiger partial charge is 0.480 e. The number of aliphatic imine (C=N–C) groups is 1. The molecule has 0 aromatic rings. The Labute approximate surface area is 80.0 Å². The molecule has 8 nitrogen and oxygen atoms in total. The van der Waals surface area contributed by atoms with E-state index in [0.29, 0.717) is 0 Å². The van der Waals surface area contributed by atoms with E-state index < -0.39 is 24.2 Å². The number of rotatable bonds is 5. The van der Waals surface area contributed by atoms with Crippen LogP contribution in [0.15, 0.2) is 4.99 Å². The van der Waals surface area contributed by atoms with E-state index in [4.69, 9.17) is 27.4 Å². The number of hydrogen-bond acceptors (Lipinski definition) is 5. The second kappa shape index (κ2) is 5.37. The van der Waals surface area contributed by atoms with Crippen molar-refractivity contribution in [1.82, 2.24) is 0 Å². The van der Waals surface area contributed by atoms with Crippen molar-refractivity contribution in [3.05, 3.63) is 0 Å². The summed E-state index contributed by atoms with van der Waals surface area (Å²) < 4.78 is 0. The van der Waals surface area contributed by atoms with Gasteiger partial charge in [0.1, 0.15) is 18.2 Å². The highest BCUT2D eigenvalue weighted by Crippen LogP contribution is 1.99. The summed E-state index contributed by atoms with van der Waals surface area (Å²) in [7, 11) is 0. The molecule has 0 aromatic heterocycles. The van der Waals surface area contributed by atoms with Crippen LogP contribution in [0.3, 0.4) is 0 Å². The van der Waals surface area contributed by atoms with Gasteiger partial charge in [0.2, 0.25) is 0 Å². The summed E-state index contributed by atoms with van der Waals surface area (Å²) in [5.74, 6) is -1.68. The first-order valence-corrected chi connectivity index (χ1v) is 3.76. The number of carbonyl (C=O) groups is 1. The van der Waals surface area contributed by atoms with Gasteiger partial charge in [0.25, 0.3) is 0 Å². The SMILES string of the molecule is NC(N)=NC[C@@H](O)C(O)[C@H](N)C(=O)O. The molecule has 0 aliphatic heterocycles. The predicted molar refractivity (Wildman–Crippen MR) is 48.3 cm³/mol. The standard InChI is InChI=1S/C6H14N4O4/c7-3(5(13)14)4(12)2(11)1-10-6(8)9/h2-4,11-12H,1,7H2,(H,13,14)(H4,8,9,10)/t2-,3+,4?/m1/s1. The summed E-state index contributed by atoms with van der Waals surface area (Å²) in [4.78, 5) is 13.7. The second-order valence-electron chi connectivity index (χ2n) is 2.69. The molecule has 0 bridgehead atoms. The molecule has 0 aliphatic carbocycles. The molecule has 14 heavy (non-hydrogen) atoms. The molecule has 0 saturated heterocycles. The van der Waals surface area contributed by atoms with Crippen LogP contribution >= 0.6 is 0 Å². The molecular weight excluding hydrogens is 192 g/mol. The summed E-state index contributed by atoms with van der Waals surface area (Å²) in [5, 5.41) is 26.7. The Balaban J connectivity index is 4.18. The molecule has 0 fully saturated rings. The van der Waals surface area contributed by atoms with E-state index in [1.165, 1.54) is 0 Å². The van der Waals surface area contributed by atoms with Crippen LogP contribution in [0.5, 0.6) is 0 Å². The van der Waals surface area contributed by atoms with Crippen molar-refractivity contribution in [3.8, 4) is 0 Å². The Morgan fingerprint density at radius 3 is 2.21 bits per heavy atom. The van der Waals surface area contributed by atoms with Crippen LogP contribution in [0.1, 0.15) is 0 Å². The third kappa shape index (κ3) is 4.03. The molecule has 1 unspecified atom stereocenters. The van der Waals surface area contributed by atoms with E-state index in [1.54, 1.807) is 0 Å². The minimum absolute atomic E-state index is 0.264. The minimum atomic E-state index is -1.62. The smallest absolute Gasteiger partial charge is 0.323 e. The Morgan fingerprint density at radius 2 is 1.86 bits per heavy atom. The molecule has 0 radical (unpaired) electrons. The monoisotopic (exact) mass is 206 g/mol. The maximum absolute atomic E-state index is 10.3. The maximum atomic E-state index is 10.3. The fraction of sp³-hybridized carbons (Fsp3) is 0.667. The van der Waals surface area contributed by atoms with Gasteiger partial charge >= 0.3 is 5.97 Å². The van der Waals surface area contributed by atoms with E-state index in [-0.39, 0.29) is 12.5 Å². The molecule has 0 aromatic carbocycles. The van der Waals surface area contributed by atoms with Crippen molar-refractivity contribution in [2.75, 3.05) is 6.54 Å². The Morgan fingerprint density at radius 1 is 1.36 bits per heavy atom. The summed E-state index contributed by atoms with van der Waals surface area (Å²) in [6.07, 6.45) is -3.03. The molecule has 82 valence electrons. The number of nitrogens with zero attached hydrogens (tertiary/aromatic N) is 1. The zero-order valence-corrected chi connectivity index (χ0v) is 7.37. The van der Waals surface area contributed by atoms with Crippen LogP contribution in [-0.4, -0.2) is 52.0 Å². The number of carboxylic acids is 1. The highest BCUT2D eigenvalue weighted by Gasteiger charge is 2.28. The molecule has 0 rings (SSSR count). The Kier molecular flexibility index (Phi) is 4.84. The second-order valence-corrected chi connectivity index (χ2v) is 2.69. The fourth-order valence-electron chi connectivity index (χ4n) is 0.692. The van der Waals surface area contributed by atoms with Crippen molar-refractivity contribution in [2.24, 2.45) is 22.2 Å². The van der Waals surface area contributed by atoms with E-state index >= 15 is 0 Å². The molecule has 8 heteroatoms. The maximum Gasteiger partial charge on any atom is 0.323 e. The van der Waals surface area contributed by atoms with Gasteiger partial charge in [0, 0.05) is 0 Å². The fourth-order valence-corrected chi connectivity index (χ4v) is 0.692. The van der Waals surface area contributed by atoms with Gasteiger partial charge in [0.15, 0.2) is 5.96 Å². The highest BCUT2D eigenvalue weighted by atomic mass is 16.4. The molecule has 0 heterocycles. The van der Waals surface area contributed by atoms with Gasteiger partial charge in [-0.2, -0.15) is 0 Å². The molecule has 0 saturated carbocycles. The van der Waals surface area contributed by atoms with Crippen LogP contribution < -0.4 is 17.2 Å². The number of hydrogen-bond donors (Lipinski definition) is 6. The van der Waals surface area contributed by atoms with Crippen LogP contribution in [0.25, 0.3) is 0 Å². The third-order valence-electron chi connectivity index (χ3n) is 1.51. The number of aliphatic carboxylic acids is 1. The number of nitrogens with two attached hydrogens (primary N) is 3. The Bertz CT molecular complexity index is 228. The zero-order valence-electron chi connectivity index (χ0n) is 7.37. The van der Waals surface area contributed by atoms with Crippen LogP contribution in [0.4, 0.5) is 0 Å². The van der Waals surface area contributed by atoms with Gasteiger partial charge in [-0.15, -0.1) is 0 Å². The third-order valence-corrected chi connectivity index (χ3v) is 1.51. The summed E-state index contributed by atoms with van der Waals surface area (Å²) in [5.41, 5.74) is 15.0. The van der Waals surface area contributed by atoms with Crippen molar-refractivity contribution in [3.63, 3.8) is 0 Å². The van der Waals surface area contributed by atoms with E-state index in [9.17, 15) is 9.90 Å². The number of carboxylic acid groups (broad SMARTS) is 1. The normalized spacial score (nSPS) is 16.8. The summed E-state index contributed by atoms with van der Waals surface area (Å²) >= 11 is 0. The lowest BCUT2D eigenvalue weighted by molar-refractivity contribution is -0.143. The van der Waals surface area contributed by atoms with Crippen molar-refractivity contribution < 1.29 is 20.1 Å². The lowest BCUT2D eigenvalue weighted by Crippen LogP contribution is -2.49. The summed E-state index contributed by atoms with van der Waals surface area (Å²) in [6.45, 7) is -0.301. The lowest BCUT2D eigenvalue weighted by Gasteiger charge is -2.19. The van der Waals surface area contributed by atoms with Crippen molar-refractivity contribution in [2.45, 2.75) is 18.2 Å². The molecule has 0 spiro atoms. The first-order valence-electron chi connectivity index (χ1n) is 3.76. The van der Waals surface area contributed by atoms with Gasteiger partial charge in [-0.1, -0.05) is 0 Å². The molecular formula is C6H14N4O4. The lowest BCUT2D eigenvalue weighted by atomic mass is 10.1. The minimum Gasteiger partial charge on any atom is -0.480 e. The average molecular weight is 206 g/mol. The zero-order chi connectivity index (χ0) is 11.3. The number of aliphatic hydroxyl groups excluding tert-OH is 2. The predicted octanol–water partition coefficient (Wildman–Crippen LogP) is -3.61. The van der Waals surface area contributed by atoms with Crippen LogP contribution in [0.2, 0.25) is 0 Å². The van der Waals surface area contributed by atoms with E-state index in [2.05, 4.69) is 4.99 Å². The summed E-state index contributed by atoms with van der Waals surface area (Å²) in [6, 6.07) is -1.57. The van der Waals surface area contributed by atoms with Gasteiger partial charge in [-0.25, -0.2) is 0 Å². The molecule has 0 aliphatic rings. The quantitative estimate of drug-likeness (QED) is 0.199. The molecule has 0 amide bonds. The van der Waals surface area contributed by atoms with E-state index in [0.717, 1.165) is 0 Å². The highest BCUT2D eigenvalue weighted by molar-refractivity contribution is 5.75. The van der Waals surface area contributed by atoms with E-state index in [1.807, 2.05) is 0 Å². The molecule has 9 N–H and O–H groups in total. The van der Waals surface area contributed by atoms with Crippen molar-refractivity contribution in [1.29, 1.82) is 0 Å². The van der Waals surface area contributed by atoms with Gasteiger partial charge in [0.05, 0.1) is 6.54 Å². The van der Waals surface area contributed by atoms with Crippen LogP contribution in [-0.2, 0) is 4.79 Å². The topological polar surface area (TPSA) is 168 Å². The van der Waals surface area contributed by atoms with Gasteiger partial charge < -0.3 is 32.5 Å². The number of aliphatic hydroxyl groups is 2. The molecule has 3 atom stereocenters. The van der Waals surface area contributed by atoms with Gasteiger partial charge in [-0.3, -0.25) is 9.79 Å². The number of guanidine groups is 1. The van der Waals surface area contributed by atoms with Crippen LogP contribution in [0, 0.1) is 0 Å². The van der Waals surface area contributed by atoms with Gasteiger partial charge in [-0.05, 0) is 0 Å². The average Bonchev–Trinajstić information content (AvgIpc) is 2.11.